The van der Waals surface area contributed by atoms with Gasteiger partial charge in [-0.1, -0.05) is 52.7 Å². The molecule has 0 fully saturated rings. The van der Waals surface area contributed by atoms with E-state index in [0.717, 1.165) is 6.42 Å². The maximum atomic E-state index is 2.44. The molecular formula is C14H26. The molecule has 0 saturated heterocycles. The van der Waals surface area contributed by atoms with E-state index in [1.54, 1.807) is 11.1 Å². The number of rotatable bonds is 7. The molecule has 0 nitrogen and oxygen atoms in total. The number of hydrogen-bond acceptors (Lipinski definition) is 0. The molecule has 0 aromatic rings. The fourth-order valence-corrected chi connectivity index (χ4v) is 1.73. The Morgan fingerprint density at radius 1 is 0.857 bits per heavy atom. The Hall–Kier alpha value is -0.520. The molecular weight excluding hydrogens is 168 g/mol. The molecule has 0 aromatic carbocycles. The van der Waals surface area contributed by atoms with Gasteiger partial charge in [0.25, 0.3) is 0 Å². The van der Waals surface area contributed by atoms with Crippen LogP contribution in [0.15, 0.2) is 23.3 Å². The normalized spacial score (nSPS) is 13.4. The maximum Gasteiger partial charge on any atom is -0.0282 e. The lowest BCUT2D eigenvalue weighted by Crippen LogP contribution is -1.89. The molecule has 0 spiro atoms. The van der Waals surface area contributed by atoms with Crippen LogP contribution in [0, 0.1) is 0 Å². The second-order valence-electron chi connectivity index (χ2n) is 3.76. The minimum atomic E-state index is 1.16. The fraction of sp³-hybridized carbons (Fsp3) is 0.714. The molecule has 0 aliphatic heterocycles. The molecule has 0 heteroatoms. The third-order valence-corrected chi connectivity index (χ3v) is 2.44. The lowest BCUT2D eigenvalue weighted by molar-refractivity contribution is 0.864. The molecule has 0 aliphatic rings. The Morgan fingerprint density at radius 3 is 2.00 bits per heavy atom. The maximum absolute atomic E-state index is 2.44. The van der Waals surface area contributed by atoms with Gasteiger partial charge in [-0.15, -0.1) is 0 Å². The molecule has 0 amide bonds. The topological polar surface area (TPSA) is 0 Å². The predicted octanol–water partition coefficient (Wildman–Crippen LogP) is 5.26. The average molecular weight is 194 g/mol. The van der Waals surface area contributed by atoms with Crippen LogP contribution in [0.4, 0.5) is 0 Å². The third-order valence-electron chi connectivity index (χ3n) is 2.44. The van der Waals surface area contributed by atoms with Gasteiger partial charge in [0.1, 0.15) is 0 Å². The standard InChI is InChI=1S/C14H26/c1-5-9-12-14(11-7-3)13(8-4)10-6-2/h10,12H,5-9,11H2,1-4H3/b13-10+,14-12+. The minimum Gasteiger partial charge on any atom is -0.0813 e. The summed E-state index contributed by atoms with van der Waals surface area (Å²) in [4.78, 5) is 0. The van der Waals surface area contributed by atoms with Crippen molar-refractivity contribution >= 4 is 0 Å². The second-order valence-corrected chi connectivity index (χ2v) is 3.76. The van der Waals surface area contributed by atoms with E-state index in [4.69, 9.17) is 0 Å². The summed E-state index contributed by atoms with van der Waals surface area (Å²) in [5.74, 6) is 0. The summed E-state index contributed by atoms with van der Waals surface area (Å²) in [5, 5.41) is 0. The van der Waals surface area contributed by atoms with E-state index in [-0.39, 0.29) is 0 Å². The Labute approximate surface area is 90.1 Å². The van der Waals surface area contributed by atoms with Crippen molar-refractivity contribution in [2.24, 2.45) is 0 Å². The molecule has 0 aliphatic carbocycles. The Kier molecular flexibility index (Phi) is 8.72. The van der Waals surface area contributed by atoms with Gasteiger partial charge in [-0.25, -0.2) is 0 Å². The van der Waals surface area contributed by atoms with Crippen molar-refractivity contribution in [2.75, 3.05) is 0 Å². The Balaban J connectivity index is 4.51. The molecule has 0 heterocycles. The highest BCUT2D eigenvalue weighted by Crippen LogP contribution is 2.20. The Morgan fingerprint density at radius 2 is 1.57 bits per heavy atom. The van der Waals surface area contributed by atoms with Crippen LogP contribution in [-0.4, -0.2) is 0 Å². The van der Waals surface area contributed by atoms with Crippen molar-refractivity contribution in [3.8, 4) is 0 Å². The summed E-state index contributed by atoms with van der Waals surface area (Å²) in [6, 6.07) is 0. The minimum absolute atomic E-state index is 1.16. The summed E-state index contributed by atoms with van der Waals surface area (Å²) in [6.45, 7) is 8.99. The highest BCUT2D eigenvalue weighted by molar-refractivity contribution is 5.30. The SMILES string of the molecule is CC/C=C(CC)/C(=C/CCC)CCC. The largest absolute Gasteiger partial charge is 0.0813 e. The highest BCUT2D eigenvalue weighted by Gasteiger charge is 2.00. The number of hydrogen-bond donors (Lipinski definition) is 0. The molecule has 0 radical (unpaired) electrons. The van der Waals surface area contributed by atoms with Gasteiger partial charge >= 0.3 is 0 Å². The van der Waals surface area contributed by atoms with E-state index >= 15 is 0 Å². The average Bonchev–Trinajstić information content (AvgIpc) is 2.21. The molecule has 0 atom stereocenters. The van der Waals surface area contributed by atoms with Crippen molar-refractivity contribution < 1.29 is 0 Å². The van der Waals surface area contributed by atoms with Gasteiger partial charge in [0.15, 0.2) is 0 Å². The van der Waals surface area contributed by atoms with Crippen molar-refractivity contribution in [1.29, 1.82) is 0 Å². The van der Waals surface area contributed by atoms with Crippen LogP contribution in [0.5, 0.6) is 0 Å². The highest BCUT2D eigenvalue weighted by atomic mass is 14.1. The molecule has 0 aromatic heterocycles. The molecule has 0 bridgehead atoms. The van der Waals surface area contributed by atoms with Gasteiger partial charge in [0.05, 0.1) is 0 Å². The summed E-state index contributed by atoms with van der Waals surface area (Å²) in [5.41, 5.74) is 3.17. The predicted molar refractivity (Wildman–Crippen MR) is 66.6 cm³/mol. The van der Waals surface area contributed by atoms with E-state index in [2.05, 4.69) is 39.8 Å². The first-order valence-corrected chi connectivity index (χ1v) is 6.18. The summed E-state index contributed by atoms with van der Waals surface area (Å²) in [7, 11) is 0. The van der Waals surface area contributed by atoms with Gasteiger partial charge in [0, 0.05) is 0 Å². The summed E-state index contributed by atoms with van der Waals surface area (Å²) >= 11 is 0. The van der Waals surface area contributed by atoms with Crippen molar-refractivity contribution in [3.05, 3.63) is 23.3 Å². The molecule has 14 heavy (non-hydrogen) atoms. The van der Waals surface area contributed by atoms with Crippen LogP contribution < -0.4 is 0 Å². The van der Waals surface area contributed by atoms with Crippen molar-refractivity contribution in [1.82, 2.24) is 0 Å². The van der Waals surface area contributed by atoms with Crippen LogP contribution in [0.2, 0.25) is 0 Å². The Bertz CT molecular complexity index is 184. The van der Waals surface area contributed by atoms with E-state index in [0.29, 0.717) is 0 Å². The number of unbranched alkanes of at least 4 members (excludes halogenated alkanes) is 1. The fourth-order valence-electron chi connectivity index (χ4n) is 1.73. The van der Waals surface area contributed by atoms with Crippen LogP contribution in [0.25, 0.3) is 0 Å². The third kappa shape index (κ3) is 5.26. The van der Waals surface area contributed by atoms with Gasteiger partial charge in [0.2, 0.25) is 0 Å². The lowest BCUT2D eigenvalue weighted by atomic mass is 9.97. The molecule has 82 valence electrons. The lowest BCUT2D eigenvalue weighted by Gasteiger charge is -2.09. The smallest absolute Gasteiger partial charge is 0.0282 e. The summed E-state index contributed by atoms with van der Waals surface area (Å²) < 4.78 is 0. The van der Waals surface area contributed by atoms with Gasteiger partial charge in [-0.3, -0.25) is 0 Å². The van der Waals surface area contributed by atoms with Gasteiger partial charge < -0.3 is 0 Å². The molecule has 0 saturated carbocycles. The van der Waals surface area contributed by atoms with E-state index in [1.165, 1.54) is 32.1 Å². The van der Waals surface area contributed by atoms with Crippen LogP contribution in [0.3, 0.4) is 0 Å². The first-order valence-electron chi connectivity index (χ1n) is 6.18. The van der Waals surface area contributed by atoms with Crippen molar-refractivity contribution in [3.63, 3.8) is 0 Å². The second kappa shape index (κ2) is 9.05. The van der Waals surface area contributed by atoms with E-state index < -0.39 is 0 Å². The van der Waals surface area contributed by atoms with Crippen LogP contribution in [-0.2, 0) is 0 Å². The van der Waals surface area contributed by atoms with Gasteiger partial charge in [-0.05, 0) is 36.8 Å². The quantitative estimate of drug-likeness (QED) is 0.485. The van der Waals surface area contributed by atoms with E-state index in [1.807, 2.05) is 0 Å². The number of allylic oxidation sites excluding steroid dienone is 4. The van der Waals surface area contributed by atoms with Crippen LogP contribution in [0.1, 0.15) is 66.2 Å². The zero-order chi connectivity index (χ0) is 10.8. The van der Waals surface area contributed by atoms with Crippen molar-refractivity contribution in [2.45, 2.75) is 66.2 Å². The first kappa shape index (κ1) is 13.5. The van der Waals surface area contributed by atoms with Gasteiger partial charge in [-0.2, -0.15) is 0 Å². The first-order chi connectivity index (χ1) is 6.79. The monoisotopic (exact) mass is 194 g/mol. The zero-order valence-electron chi connectivity index (χ0n) is 10.4. The van der Waals surface area contributed by atoms with Crippen LogP contribution >= 0.6 is 0 Å². The summed E-state index contributed by atoms with van der Waals surface area (Å²) in [6.07, 6.45) is 12.2. The molecule has 0 N–H and O–H groups in total. The molecule has 0 rings (SSSR count). The van der Waals surface area contributed by atoms with E-state index in [9.17, 15) is 0 Å². The molecule has 0 unspecified atom stereocenters. The zero-order valence-corrected chi connectivity index (χ0v) is 10.4.